The average Bonchev–Trinajstić information content (AvgIpc) is 2.13. The van der Waals surface area contributed by atoms with Gasteiger partial charge in [-0.25, -0.2) is 0 Å². The van der Waals surface area contributed by atoms with E-state index in [1.807, 2.05) is 4.90 Å². The number of carbonyl (C=O) groups excluding carboxylic acids is 1. The lowest BCUT2D eigenvalue weighted by Crippen LogP contribution is -2.51. The van der Waals surface area contributed by atoms with E-state index in [1.165, 1.54) is 0 Å². The molecule has 1 heterocycles. The second-order valence-electron chi connectivity index (χ2n) is 5.10. The van der Waals surface area contributed by atoms with Gasteiger partial charge in [0.25, 0.3) is 0 Å². The van der Waals surface area contributed by atoms with Gasteiger partial charge < -0.3 is 10.2 Å². The standard InChI is InChI=1S/C11H22N2OS/c1-9-7-13(6-5-12-9)10(14)8-15-11(2,3)4/h9,12H,5-8H2,1-4H3. The highest BCUT2D eigenvalue weighted by molar-refractivity contribution is 8.01. The van der Waals surface area contributed by atoms with E-state index >= 15 is 0 Å². The third-order valence-corrected chi connectivity index (χ3v) is 3.61. The number of hydrogen-bond acceptors (Lipinski definition) is 3. The summed E-state index contributed by atoms with van der Waals surface area (Å²) in [5, 5.41) is 3.34. The molecule has 3 nitrogen and oxygen atoms in total. The molecule has 1 unspecified atom stereocenters. The Balaban J connectivity index is 2.33. The Kier molecular flexibility index (Phi) is 4.46. The van der Waals surface area contributed by atoms with Gasteiger partial charge in [0.15, 0.2) is 0 Å². The molecule has 0 saturated carbocycles. The summed E-state index contributed by atoms with van der Waals surface area (Å²) in [5.74, 6) is 0.888. The first-order chi connectivity index (χ1) is 6.88. The number of carbonyl (C=O) groups is 1. The Morgan fingerprint density at radius 3 is 2.73 bits per heavy atom. The first-order valence-corrected chi connectivity index (χ1v) is 6.52. The van der Waals surface area contributed by atoms with Crippen molar-refractivity contribution >= 4 is 17.7 Å². The minimum absolute atomic E-state index is 0.176. The largest absolute Gasteiger partial charge is 0.339 e. The van der Waals surface area contributed by atoms with Crippen LogP contribution in [0, 0.1) is 0 Å². The zero-order valence-corrected chi connectivity index (χ0v) is 11.0. The molecule has 1 amide bonds. The van der Waals surface area contributed by atoms with Crippen molar-refractivity contribution in [3.63, 3.8) is 0 Å². The summed E-state index contributed by atoms with van der Waals surface area (Å²) in [5.41, 5.74) is 0. The quantitative estimate of drug-likeness (QED) is 0.777. The molecule has 0 aromatic carbocycles. The van der Waals surface area contributed by atoms with E-state index in [-0.39, 0.29) is 10.7 Å². The molecule has 0 aliphatic carbocycles. The van der Waals surface area contributed by atoms with Gasteiger partial charge in [-0.3, -0.25) is 4.79 Å². The van der Waals surface area contributed by atoms with Crippen molar-refractivity contribution in [3.05, 3.63) is 0 Å². The van der Waals surface area contributed by atoms with E-state index < -0.39 is 0 Å². The van der Waals surface area contributed by atoms with E-state index in [0.29, 0.717) is 11.8 Å². The summed E-state index contributed by atoms with van der Waals surface area (Å²) in [6.45, 7) is 11.2. The molecule has 1 atom stereocenters. The van der Waals surface area contributed by atoms with Gasteiger partial charge in [0, 0.05) is 30.4 Å². The lowest BCUT2D eigenvalue weighted by Gasteiger charge is -2.32. The van der Waals surface area contributed by atoms with Crippen LogP contribution in [0.4, 0.5) is 0 Å². The normalized spacial score (nSPS) is 22.9. The van der Waals surface area contributed by atoms with Crippen LogP contribution in [-0.2, 0) is 4.79 Å². The van der Waals surface area contributed by atoms with Gasteiger partial charge in [-0.15, -0.1) is 11.8 Å². The Bertz CT molecular complexity index is 225. The molecule has 1 rings (SSSR count). The summed E-state index contributed by atoms with van der Waals surface area (Å²) < 4.78 is 0.176. The molecule has 1 fully saturated rings. The molecule has 0 spiro atoms. The van der Waals surface area contributed by atoms with Crippen molar-refractivity contribution in [2.24, 2.45) is 0 Å². The van der Waals surface area contributed by atoms with Crippen molar-refractivity contribution < 1.29 is 4.79 Å². The summed E-state index contributed by atoms with van der Waals surface area (Å²) in [6.07, 6.45) is 0. The monoisotopic (exact) mass is 230 g/mol. The summed E-state index contributed by atoms with van der Waals surface area (Å²) >= 11 is 1.72. The van der Waals surface area contributed by atoms with E-state index in [9.17, 15) is 4.79 Å². The van der Waals surface area contributed by atoms with Gasteiger partial charge in [-0.2, -0.15) is 0 Å². The Hall–Kier alpha value is -0.220. The van der Waals surface area contributed by atoms with Crippen molar-refractivity contribution in [2.45, 2.75) is 38.5 Å². The summed E-state index contributed by atoms with van der Waals surface area (Å²) in [4.78, 5) is 13.8. The van der Waals surface area contributed by atoms with Gasteiger partial charge in [-0.05, 0) is 6.92 Å². The maximum absolute atomic E-state index is 11.9. The van der Waals surface area contributed by atoms with Gasteiger partial charge in [0.2, 0.25) is 5.91 Å². The minimum atomic E-state index is 0.176. The highest BCUT2D eigenvalue weighted by atomic mass is 32.2. The first-order valence-electron chi connectivity index (χ1n) is 5.53. The van der Waals surface area contributed by atoms with Crippen LogP contribution in [-0.4, -0.2) is 47.0 Å². The van der Waals surface area contributed by atoms with Gasteiger partial charge in [0.05, 0.1) is 5.75 Å². The van der Waals surface area contributed by atoms with Crippen LogP contribution in [0.5, 0.6) is 0 Å². The number of thioether (sulfide) groups is 1. The van der Waals surface area contributed by atoms with E-state index in [4.69, 9.17) is 0 Å². The SMILES string of the molecule is CC1CN(C(=O)CSC(C)(C)C)CCN1. The molecule has 1 aliphatic heterocycles. The molecule has 1 saturated heterocycles. The molecule has 88 valence electrons. The zero-order valence-electron chi connectivity index (χ0n) is 10.2. The van der Waals surface area contributed by atoms with Crippen LogP contribution >= 0.6 is 11.8 Å². The Morgan fingerprint density at radius 2 is 2.20 bits per heavy atom. The maximum Gasteiger partial charge on any atom is 0.232 e. The van der Waals surface area contributed by atoms with E-state index in [1.54, 1.807) is 11.8 Å². The summed E-state index contributed by atoms with van der Waals surface area (Å²) in [6, 6.07) is 0.433. The number of rotatable bonds is 2. The Labute approximate surface area is 97.0 Å². The van der Waals surface area contributed by atoms with Crippen LogP contribution in [0.1, 0.15) is 27.7 Å². The van der Waals surface area contributed by atoms with Crippen LogP contribution in [0.25, 0.3) is 0 Å². The van der Waals surface area contributed by atoms with Crippen molar-refractivity contribution in [3.8, 4) is 0 Å². The molecular weight excluding hydrogens is 208 g/mol. The average molecular weight is 230 g/mol. The van der Waals surface area contributed by atoms with Crippen LogP contribution < -0.4 is 5.32 Å². The molecule has 1 N–H and O–H groups in total. The number of hydrogen-bond donors (Lipinski definition) is 1. The third-order valence-electron chi connectivity index (χ3n) is 2.35. The van der Waals surface area contributed by atoms with Gasteiger partial charge in [-0.1, -0.05) is 20.8 Å². The molecule has 0 bridgehead atoms. The maximum atomic E-state index is 11.9. The smallest absolute Gasteiger partial charge is 0.232 e. The number of amides is 1. The molecular formula is C11H22N2OS. The zero-order chi connectivity index (χ0) is 11.5. The highest BCUT2D eigenvalue weighted by Gasteiger charge is 2.22. The number of nitrogens with one attached hydrogen (secondary N) is 1. The molecule has 4 heteroatoms. The summed E-state index contributed by atoms with van der Waals surface area (Å²) in [7, 11) is 0. The van der Waals surface area contributed by atoms with Crippen molar-refractivity contribution in [2.75, 3.05) is 25.4 Å². The number of piperazine rings is 1. The van der Waals surface area contributed by atoms with E-state index in [2.05, 4.69) is 33.0 Å². The fourth-order valence-electron chi connectivity index (χ4n) is 1.53. The predicted molar refractivity (Wildman–Crippen MR) is 66.3 cm³/mol. The van der Waals surface area contributed by atoms with Crippen LogP contribution in [0.3, 0.4) is 0 Å². The predicted octanol–water partition coefficient (Wildman–Crippen LogP) is 1.34. The van der Waals surface area contributed by atoms with Gasteiger partial charge in [0.1, 0.15) is 0 Å². The number of nitrogens with zero attached hydrogens (tertiary/aromatic N) is 1. The Morgan fingerprint density at radius 1 is 1.53 bits per heavy atom. The fraction of sp³-hybridized carbons (Fsp3) is 0.909. The van der Waals surface area contributed by atoms with Crippen LogP contribution in [0.2, 0.25) is 0 Å². The fourth-order valence-corrected chi connectivity index (χ4v) is 2.27. The third kappa shape index (κ3) is 4.89. The van der Waals surface area contributed by atoms with E-state index in [0.717, 1.165) is 19.6 Å². The first kappa shape index (κ1) is 12.8. The molecule has 0 aromatic heterocycles. The minimum Gasteiger partial charge on any atom is -0.339 e. The lowest BCUT2D eigenvalue weighted by atomic mass is 10.2. The molecule has 15 heavy (non-hydrogen) atoms. The topological polar surface area (TPSA) is 32.3 Å². The second kappa shape index (κ2) is 5.21. The van der Waals surface area contributed by atoms with Crippen molar-refractivity contribution in [1.82, 2.24) is 10.2 Å². The lowest BCUT2D eigenvalue weighted by molar-refractivity contribution is -0.129. The second-order valence-corrected chi connectivity index (χ2v) is 6.90. The van der Waals surface area contributed by atoms with Crippen LogP contribution in [0.15, 0.2) is 0 Å². The van der Waals surface area contributed by atoms with Crippen molar-refractivity contribution in [1.29, 1.82) is 0 Å². The molecule has 0 radical (unpaired) electrons. The van der Waals surface area contributed by atoms with Gasteiger partial charge >= 0.3 is 0 Å². The highest BCUT2D eigenvalue weighted by Crippen LogP contribution is 2.23. The molecule has 0 aromatic rings. The molecule has 1 aliphatic rings.